The van der Waals surface area contributed by atoms with E-state index in [9.17, 15) is 24.1 Å². The van der Waals surface area contributed by atoms with Crippen LogP contribution in [-0.4, -0.2) is 54.5 Å². The van der Waals surface area contributed by atoms with Gasteiger partial charge in [-0.2, -0.15) is 0 Å². The molecule has 1 atom stereocenters. The fourth-order valence-electron chi connectivity index (χ4n) is 4.61. The molecule has 0 bridgehead atoms. The number of amides is 3. The van der Waals surface area contributed by atoms with Crippen LogP contribution in [0.1, 0.15) is 36.0 Å². The average molecular weight is 470 g/mol. The van der Waals surface area contributed by atoms with Gasteiger partial charge in [0.05, 0.1) is 16.2 Å². The molecule has 2 fully saturated rings. The molecule has 2 heterocycles. The zero-order valence-electron chi connectivity index (χ0n) is 18.8. The molecule has 2 aromatic carbocycles. The molecule has 9 nitrogen and oxygen atoms in total. The summed E-state index contributed by atoms with van der Waals surface area (Å²) < 4.78 is 13.3. The smallest absolute Gasteiger partial charge is 0.319 e. The van der Waals surface area contributed by atoms with Crippen LogP contribution in [0.25, 0.3) is 0 Å². The van der Waals surface area contributed by atoms with Crippen LogP contribution in [0.15, 0.2) is 42.5 Å². The van der Waals surface area contributed by atoms with Gasteiger partial charge in [-0.05, 0) is 55.9 Å². The Bertz CT molecular complexity index is 1070. The number of carbonyl (C=O) groups excluding carboxylic acids is 2. The summed E-state index contributed by atoms with van der Waals surface area (Å²) in [5, 5.41) is 16.7. The molecule has 2 aromatic rings. The average Bonchev–Trinajstić information content (AvgIpc) is 3.37. The van der Waals surface area contributed by atoms with Crippen molar-refractivity contribution < 1.29 is 18.9 Å². The number of urea groups is 1. The summed E-state index contributed by atoms with van der Waals surface area (Å²) in [5.74, 6) is -0.613. The van der Waals surface area contributed by atoms with Crippen LogP contribution in [0.4, 0.5) is 26.2 Å². The largest absolute Gasteiger partial charge is 0.371 e. The van der Waals surface area contributed by atoms with Crippen LogP contribution in [0.2, 0.25) is 0 Å². The number of anilines is 2. The van der Waals surface area contributed by atoms with E-state index in [4.69, 9.17) is 0 Å². The minimum atomic E-state index is -0.481. The second kappa shape index (κ2) is 10.5. The minimum absolute atomic E-state index is 0.0462. The van der Waals surface area contributed by atoms with Gasteiger partial charge in [0, 0.05) is 50.5 Å². The Morgan fingerprint density at radius 2 is 1.88 bits per heavy atom. The van der Waals surface area contributed by atoms with Gasteiger partial charge >= 0.3 is 6.03 Å². The van der Waals surface area contributed by atoms with E-state index in [1.807, 2.05) is 0 Å². The van der Waals surface area contributed by atoms with Crippen molar-refractivity contribution in [1.82, 2.24) is 10.2 Å². The summed E-state index contributed by atoms with van der Waals surface area (Å²) in [6.45, 7) is 3.02. The number of piperidine rings is 1. The molecule has 0 radical (unpaired) electrons. The molecule has 0 spiro atoms. The van der Waals surface area contributed by atoms with Crippen molar-refractivity contribution in [2.45, 2.75) is 25.7 Å². The Morgan fingerprint density at radius 3 is 2.62 bits per heavy atom. The molecule has 34 heavy (non-hydrogen) atoms. The van der Waals surface area contributed by atoms with Crippen molar-refractivity contribution in [3.05, 3.63) is 64.0 Å². The molecule has 1 unspecified atom stereocenters. The van der Waals surface area contributed by atoms with E-state index < -0.39 is 16.8 Å². The predicted octanol–water partition coefficient (Wildman–Crippen LogP) is 4.01. The van der Waals surface area contributed by atoms with Gasteiger partial charge in [-0.15, -0.1) is 0 Å². The van der Waals surface area contributed by atoms with Crippen LogP contribution in [-0.2, 0) is 0 Å². The molecule has 4 rings (SSSR count). The fraction of sp³-hybridized carbons (Fsp3) is 0.417. The maximum atomic E-state index is 13.5. The Balaban J connectivity index is 1.40. The monoisotopic (exact) mass is 469 g/mol. The van der Waals surface area contributed by atoms with Gasteiger partial charge < -0.3 is 20.4 Å². The summed E-state index contributed by atoms with van der Waals surface area (Å²) in [4.78, 5) is 40.3. The first-order valence-corrected chi connectivity index (χ1v) is 11.5. The zero-order chi connectivity index (χ0) is 24.1. The highest BCUT2D eigenvalue weighted by Gasteiger charge is 2.29. The van der Waals surface area contributed by atoms with Gasteiger partial charge in [0.1, 0.15) is 5.82 Å². The van der Waals surface area contributed by atoms with Crippen molar-refractivity contribution in [2.24, 2.45) is 5.92 Å². The Labute approximate surface area is 197 Å². The molecule has 0 aliphatic carbocycles. The van der Waals surface area contributed by atoms with Crippen LogP contribution in [0, 0.1) is 21.8 Å². The number of nitrogens with one attached hydrogen (secondary N) is 2. The fourth-order valence-corrected chi connectivity index (χ4v) is 4.61. The number of nitro groups is 1. The van der Waals surface area contributed by atoms with Gasteiger partial charge in [0.2, 0.25) is 0 Å². The molecular formula is C24H28FN5O4. The van der Waals surface area contributed by atoms with Crippen molar-refractivity contribution >= 4 is 29.0 Å². The van der Waals surface area contributed by atoms with Crippen LogP contribution in [0.3, 0.4) is 0 Å². The lowest BCUT2D eigenvalue weighted by atomic mass is 9.97. The normalized spacial score (nSPS) is 18.0. The van der Waals surface area contributed by atoms with Gasteiger partial charge in [-0.1, -0.05) is 6.07 Å². The van der Waals surface area contributed by atoms with Crippen molar-refractivity contribution in [2.75, 3.05) is 42.9 Å². The number of benzene rings is 2. The lowest BCUT2D eigenvalue weighted by molar-refractivity contribution is -0.384. The predicted molar refractivity (Wildman–Crippen MR) is 127 cm³/mol. The molecule has 2 aliphatic rings. The zero-order valence-corrected chi connectivity index (χ0v) is 18.8. The molecule has 0 aromatic heterocycles. The Morgan fingerprint density at radius 1 is 1.09 bits per heavy atom. The lowest BCUT2D eigenvalue weighted by Gasteiger charge is -2.34. The van der Waals surface area contributed by atoms with Gasteiger partial charge in [-0.3, -0.25) is 14.9 Å². The first-order chi connectivity index (χ1) is 16.4. The van der Waals surface area contributed by atoms with E-state index in [1.54, 1.807) is 17.0 Å². The van der Waals surface area contributed by atoms with E-state index in [-0.39, 0.29) is 17.5 Å². The highest BCUT2D eigenvalue weighted by atomic mass is 19.1. The van der Waals surface area contributed by atoms with Gasteiger partial charge in [0.15, 0.2) is 0 Å². The molecule has 2 N–H and O–H groups in total. The summed E-state index contributed by atoms with van der Waals surface area (Å²) in [7, 11) is 0. The first-order valence-electron chi connectivity index (χ1n) is 11.5. The molecule has 2 saturated heterocycles. The first kappa shape index (κ1) is 23.5. The minimum Gasteiger partial charge on any atom is -0.371 e. The second-order valence-electron chi connectivity index (χ2n) is 8.76. The topological polar surface area (TPSA) is 108 Å². The highest BCUT2D eigenvalue weighted by Crippen LogP contribution is 2.30. The Kier molecular flexibility index (Phi) is 7.24. The standard InChI is InChI=1S/C24H28FN5O4/c25-18-6-3-7-19(13-18)27-24(32)26-15-17-5-4-12-29(16-17)23(31)21-14-20(30(33)34)8-9-22(21)28-10-1-2-11-28/h3,6-9,13-14,17H,1-2,4-5,10-12,15-16H2,(H2,26,27,32). The summed E-state index contributed by atoms with van der Waals surface area (Å²) in [5.41, 5.74) is 1.35. The summed E-state index contributed by atoms with van der Waals surface area (Å²) in [6, 6.07) is 9.71. The van der Waals surface area contributed by atoms with E-state index in [2.05, 4.69) is 15.5 Å². The van der Waals surface area contributed by atoms with E-state index in [1.165, 1.54) is 30.3 Å². The van der Waals surface area contributed by atoms with Crippen LogP contribution in [0.5, 0.6) is 0 Å². The quantitative estimate of drug-likeness (QED) is 0.491. The molecule has 180 valence electrons. The maximum absolute atomic E-state index is 13.5. The highest BCUT2D eigenvalue weighted by molar-refractivity contribution is 6.00. The third-order valence-electron chi connectivity index (χ3n) is 6.31. The van der Waals surface area contributed by atoms with Crippen molar-refractivity contribution in [3.8, 4) is 0 Å². The number of nitrogens with zero attached hydrogens (tertiary/aromatic N) is 3. The molecular weight excluding hydrogens is 441 g/mol. The van der Waals surface area contributed by atoms with E-state index in [0.717, 1.165) is 44.5 Å². The number of nitro benzene ring substituents is 1. The number of likely N-dealkylation sites (tertiary alicyclic amines) is 1. The third kappa shape index (κ3) is 5.62. The number of hydrogen-bond donors (Lipinski definition) is 2. The van der Waals surface area contributed by atoms with E-state index in [0.29, 0.717) is 30.9 Å². The van der Waals surface area contributed by atoms with Crippen molar-refractivity contribution in [3.63, 3.8) is 0 Å². The molecule has 3 amide bonds. The second-order valence-corrected chi connectivity index (χ2v) is 8.76. The van der Waals surface area contributed by atoms with Gasteiger partial charge in [-0.25, -0.2) is 9.18 Å². The SMILES string of the molecule is O=C(NCC1CCCN(C(=O)c2cc([N+](=O)[O-])ccc2N2CCCC2)C1)Nc1cccc(F)c1. The number of carbonyl (C=O) groups is 2. The molecule has 2 aliphatic heterocycles. The lowest BCUT2D eigenvalue weighted by Crippen LogP contribution is -2.44. The van der Waals surface area contributed by atoms with Gasteiger partial charge in [0.25, 0.3) is 11.6 Å². The summed E-state index contributed by atoms with van der Waals surface area (Å²) >= 11 is 0. The van der Waals surface area contributed by atoms with Crippen LogP contribution < -0.4 is 15.5 Å². The third-order valence-corrected chi connectivity index (χ3v) is 6.31. The number of halogens is 1. The number of hydrogen-bond acceptors (Lipinski definition) is 5. The number of rotatable bonds is 6. The maximum Gasteiger partial charge on any atom is 0.319 e. The summed E-state index contributed by atoms with van der Waals surface area (Å²) in [6.07, 6.45) is 3.68. The van der Waals surface area contributed by atoms with Crippen molar-refractivity contribution in [1.29, 1.82) is 0 Å². The molecule has 0 saturated carbocycles. The Hall–Kier alpha value is -3.69. The van der Waals surface area contributed by atoms with Crippen LogP contribution >= 0.6 is 0 Å². The molecule has 10 heteroatoms. The van der Waals surface area contributed by atoms with E-state index >= 15 is 0 Å². The number of non-ortho nitro benzene ring substituents is 1.